The molecule has 1 aromatic heterocycles. The van der Waals surface area contributed by atoms with E-state index >= 15 is 0 Å². The number of fused-ring (bicyclic) bond motifs is 1. The van der Waals surface area contributed by atoms with E-state index in [1.54, 1.807) is 18.3 Å². The largest absolute Gasteiger partial charge is 0.457 e. The quantitative estimate of drug-likeness (QED) is 0.486. The van der Waals surface area contributed by atoms with Crippen LogP contribution in [0.15, 0.2) is 36.5 Å². The average molecular weight is 498 g/mol. The summed E-state index contributed by atoms with van der Waals surface area (Å²) in [7, 11) is 0. The number of nitrogens with one attached hydrogen (secondary N) is 2. The second kappa shape index (κ2) is 13.4. The van der Waals surface area contributed by atoms with Gasteiger partial charge in [0.05, 0.1) is 0 Å². The Morgan fingerprint density at radius 1 is 0.944 bits per heavy atom. The van der Waals surface area contributed by atoms with Crippen LogP contribution in [-0.2, 0) is 32.0 Å². The fraction of sp³-hybridized carbons (Fsp3) is 0.536. The van der Waals surface area contributed by atoms with Crippen LogP contribution in [0.4, 0.5) is 5.82 Å². The van der Waals surface area contributed by atoms with Gasteiger partial charge in [-0.15, -0.1) is 0 Å². The topological polar surface area (TPSA) is 98.8 Å². The third kappa shape index (κ3) is 7.51. The molecule has 2 N–H and O–H groups in total. The van der Waals surface area contributed by atoms with Crippen LogP contribution in [-0.4, -0.2) is 29.7 Å². The van der Waals surface area contributed by atoms with Gasteiger partial charge >= 0.3 is 0 Å². The molecule has 3 aliphatic rings. The van der Waals surface area contributed by atoms with Gasteiger partial charge in [-0.25, -0.2) is 15.3 Å². The minimum atomic E-state index is -0.349. The van der Waals surface area contributed by atoms with Crippen LogP contribution in [0.3, 0.4) is 0 Å². The van der Waals surface area contributed by atoms with E-state index in [0.29, 0.717) is 30.3 Å². The van der Waals surface area contributed by atoms with Gasteiger partial charge in [-0.3, -0.25) is 9.59 Å². The summed E-state index contributed by atoms with van der Waals surface area (Å²) in [5.74, 6) is 1.64. The normalized spacial score (nSPS) is 20.5. The van der Waals surface area contributed by atoms with Crippen molar-refractivity contribution >= 4 is 17.6 Å². The zero-order valence-corrected chi connectivity index (χ0v) is 20.5. The molecule has 2 heterocycles. The molecule has 2 aliphatic carbocycles. The van der Waals surface area contributed by atoms with Crippen molar-refractivity contribution in [1.29, 1.82) is 0 Å². The summed E-state index contributed by atoms with van der Waals surface area (Å²) < 4.78 is 11.5. The zero-order chi connectivity index (χ0) is 24.6. The minimum absolute atomic E-state index is 0. The number of carbonyl (C=O) groups excluding carboxylic acids is 2. The fourth-order valence-electron chi connectivity index (χ4n) is 4.28. The first-order chi connectivity index (χ1) is 17.1. The number of hydrogen-bond acceptors (Lipinski definition) is 6. The van der Waals surface area contributed by atoms with E-state index in [-0.39, 0.29) is 37.4 Å². The lowest BCUT2D eigenvalue weighted by Crippen LogP contribution is -2.38. The van der Waals surface area contributed by atoms with Crippen LogP contribution in [0.2, 0.25) is 0 Å². The summed E-state index contributed by atoms with van der Waals surface area (Å²) in [6, 6.07) is 9.46. The van der Waals surface area contributed by atoms with Gasteiger partial charge in [-0.2, -0.15) is 0 Å². The SMILES string of the molecule is C.CC.O=C(NOC1CCCCO1)C1CCc2ccc(Oc3ccnc(NC(=O)C4CC4)c3)cc2C1. The van der Waals surface area contributed by atoms with Gasteiger partial charge in [0.2, 0.25) is 11.8 Å². The number of ether oxygens (including phenoxy) is 2. The molecule has 8 heteroatoms. The van der Waals surface area contributed by atoms with Crippen LogP contribution in [0, 0.1) is 11.8 Å². The monoisotopic (exact) mass is 497 g/mol. The molecular formula is C28H39N3O5. The van der Waals surface area contributed by atoms with E-state index in [4.69, 9.17) is 14.3 Å². The van der Waals surface area contributed by atoms with E-state index in [1.807, 2.05) is 26.0 Å². The van der Waals surface area contributed by atoms with Crippen LogP contribution in [0.5, 0.6) is 11.5 Å². The Bertz CT molecular complexity index is 1020. The van der Waals surface area contributed by atoms with Gasteiger partial charge < -0.3 is 14.8 Å². The van der Waals surface area contributed by atoms with Crippen molar-refractivity contribution < 1.29 is 23.9 Å². The predicted octanol–water partition coefficient (Wildman–Crippen LogP) is 5.56. The molecule has 2 fully saturated rings. The lowest BCUT2D eigenvalue weighted by atomic mass is 9.83. The molecule has 1 aromatic carbocycles. The molecule has 1 aliphatic heterocycles. The average Bonchev–Trinajstić information content (AvgIpc) is 3.75. The molecule has 1 saturated carbocycles. The molecule has 2 atom stereocenters. The van der Waals surface area contributed by atoms with E-state index in [1.165, 1.54) is 5.56 Å². The highest BCUT2D eigenvalue weighted by molar-refractivity contribution is 5.93. The van der Waals surface area contributed by atoms with Crippen molar-refractivity contribution in [3.8, 4) is 11.5 Å². The van der Waals surface area contributed by atoms with Gasteiger partial charge in [0.1, 0.15) is 17.3 Å². The Morgan fingerprint density at radius 3 is 2.50 bits per heavy atom. The molecular weight excluding hydrogens is 458 g/mol. The molecule has 0 radical (unpaired) electrons. The molecule has 1 saturated heterocycles. The number of benzene rings is 1. The van der Waals surface area contributed by atoms with Crippen LogP contribution in [0.25, 0.3) is 0 Å². The van der Waals surface area contributed by atoms with Gasteiger partial charge in [-0.05, 0) is 74.3 Å². The maximum absolute atomic E-state index is 12.6. The number of rotatable bonds is 7. The van der Waals surface area contributed by atoms with Gasteiger partial charge in [-0.1, -0.05) is 27.3 Å². The molecule has 36 heavy (non-hydrogen) atoms. The number of hydroxylamine groups is 1. The van der Waals surface area contributed by atoms with E-state index in [2.05, 4.69) is 21.8 Å². The van der Waals surface area contributed by atoms with E-state index < -0.39 is 0 Å². The third-order valence-electron chi connectivity index (χ3n) is 6.37. The number of amides is 2. The number of hydrogen-bond donors (Lipinski definition) is 2. The summed E-state index contributed by atoms with van der Waals surface area (Å²) in [6.07, 6.45) is 8.28. The van der Waals surface area contributed by atoms with Crippen molar-refractivity contribution in [3.05, 3.63) is 47.7 Å². The summed E-state index contributed by atoms with van der Waals surface area (Å²) in [6.45, 7) is 4.67. The Hall–Kier alpha value is -2.97. The van der Waals surface area contributed by atoms with Crippen LogP contribution in [0.1, 0.15) is 70.9 Å². The summed E-state index contributed by atoms with van der Waals surface area (Å²) in [4.78, 5) is 34.3. The summed E-state index contributed by atoms with van der Waals surface area (Å²) in [5.41, 5.74) is 4.94. The summed E-state index contributed by atoms with van der Waals surface area (Å²) in [5, 5.41) is 2.84. The van der Waals surface area contributed by atoms with Gasteiger partial charge in [0.15, 0.2) is 6.29 Å². The third-order valence-corrected chi connectivity index (χ3v) is 6.37. The van der Waals surface area contributed by atoms with Crippen molar-refractivity contribution in [1.82, 2.24) is 10.5 Å². The Kier molecular flexibility index (Phi) is 10.3. The van der Waals surface area contributed by atoms with Gasteiger partial charge in [0.25, 0.3) is 0 Å². The highest BCUT2D eigenvalue weighted by Crippen LogP contribution is 2.32. The first kappa shape index (κ1) is 27.6. The van der Waals surface area contributed by atoms with Gasteiger partial charge in [0, 0.05) is 37.1 Å². The number of carbonyl (C=O) groups is 2. The molecule has 5 rings (SSSR count). The fourth-order valence-corrected chi connectivity index (χ4v) is 4.28. The van der Waals surface area contributed by atoms with E-state index in [9.17, 15) is 9.59 Å². The molecule has 2 amide bonds. The molecule has 2 aromatic rings. The first-order valence-electron chi connectivity index (χ1n) is 12.8. The van der Waals surface area contributed by atoms with Crippen LogP contribution >= 0.6 is 0 Å². The second-order valence-corrected chi connectivity index (χ2v) is 8.99. The highest BCUT2D eigenvalue weighted by atomic mass is 16.8. The van der Waals surface area contributed by atoms with Crippen molar-refractivity contribution in [2.24, 2.45) is 11.8 Å². The second-order valence-electron chi connectivity index (χ2n) is 8.99. The van der Waals surface area contributed by atoms with Crippen molar-refractivity contribution in [2.45, 2.75) is 78.9 Å². The highest BCUT2D eigenvalue weighted by Gasteiger charge is 2.30. The van der Waals surface area contributed by atoms with Crippen molar-refractivity contribution in [3.63, 3.8) is 0 Å². The lowest BCUT2D eigenvalue weighted by molar-refractivity contribution is -0.202. The van der Waals surface area contributed by atoms with Crippen LogP contribution < -0.4 is 15.5 Å². The van der Waals surface area contributed by atoms with Crippen molar-refractivity contribution in [2.75, 3.05) is 11.9 Å². The van der Waals surface area contributed by atoms with E-state index in [0.717, 1.165) is 50.5 Å². The summed E-state index contributed by atoms with van der Waals surface area (Å²) >= 11 is 0. The molecule has 196 valence electrons. The molecule has 2 unspecified atom stereocenters. The predicted molar refractivity (Wildman–Crippen MR) is 139 cm³/mol. The number of aryl methyl sites for hydroxylation is 1. The Labute approximate surface area is 214 Å². The molecule has 0 bridgehead atoms. The zero-order valence-electron chi connectivity index (χ0n) is 20.5. The number of aromatic nitrogens is 1. The maximum Gasteiger partial charge on any atom is 0.247 e. The maximum atomic E-state index is 12.6. The minimum Gasteiger partial charge on any atom is -0.457 e. The number of anilines is 1. The molecule has 0 spiro atoms. The smallest absolute Gasteiger partial charge is 0.247 e. The Balaban J connectivity index is 0.00000117. The standard InChI is InChI=1S/C25H29N3O5.C2H6.CH4/c29-24(17-5-6-17)27-22-15-21(10-11-26-22)32-20-9-8-16-4-7-18(13-19(16)14-20)25(30)28-33-23-3-1-2-12-31-23;1-2;/h8-11,14-15,17-18,23H,1-7,12-13H2,(H,28,30)(H,26,27,29);1-2H3;1H4. The lowest BCUT2D eigenvalue weighted by Gasteiger charge is -2.26. The number of pyridine rings is 1. The molecule has 8 nitrogen and oxygen atoms in total. The number of nitrogens with zero attached hydrogens (tertiary/aromatic N) is 1. The first-order valence-corrected chi connectivity index (χ1v) is 12.8. The Morgan fingerprint density at radius 2 is 1.75 bits per heavy atom.